The maximum absolute atomic E-state index is 15.4. The summed E-state index contributed by atoms with van der Waals surface area (Å²) >= 11 is 1.58. The Labute approximate surface area is 252 Å². The molecule has 0 saturated heterocycles. The lowest BCUT2D eigenvalue weighted by atomic mass is 9.99. The number of fused-ring (bicyclic) bond motifs is 2. The van der Waals surface area contributed by atoms with Crippen molar-refractivity contribution in [2.45, 2.75) is 25.8 Å². The molecule has 9 heteroatoms. The van der Waals surface area contributed by atoms with E-state index in [1.54, 1.807) is 40.4 Å². The monoisotopic (exact) mass is 588 g/mol. The number of carbonyl (C=O) groups excluding carboxylic acids is 1. The Bertz CT molecular complexity index is 1950. The first-order valence-electron chi connectivity index (χ1n) is 14.2. The van der Waals surface area contributed by atoms with Crippen LogP contribution in [0.1, 0.15) is 21.6 Å². The molecule has 5 heterocycles. The lowest BCUT2D eigenvalue weighted by Gasteiger charge is -2.25. The highest BCUT2D eigenvalue weighted by Gasteiger charge is 2.22. The highest BCUT2D eigenvalue weighted by molar-refractivity contribution is 7.10. The molecule has 0 saturated carbocycles. The number of rotatable bonds is 8. The summed E-state index contributed by atoms with van der Waals surface area (Å²) in [5.74, 6) is 0.155. The molecule has 2 aromatic carbocycles. The van der Waals surface area contributed by atoms with Gasteiger partial charge in [-0.25, -0.2) is 18.9 Å². The molecule has 6 aromatic rings. The van der Waals surface area contributed by atoms with Gasteiger partial charge in [0.1, 0.15) is 22.8 Å². The van der Waals surface area contributed by atoms with Gasteiger partial charge in [0, 0.05) is 54.5 Å². The van der Waals surface area contributed by atoms with Crippen molar-refractivity contribution >= 4 is 34.3 Å². The molecule has 0 atom stereocenters. The summed E-state index contributed by atoms with van der Waals surface area (Å²) in [4.78, 5) is 25.4. The third-order valence-corrected chi connectivity index (χ3v) is 8.61. The predicted molar refractivity (Wildman–Crippen MR) is 168 cm³/mol. The van der Waals surface area contributed by atoms with Crippen LogP contribution < -0.4 is 5.32 Å². The maximum Gasteiger partial charge on any atom is 0.227 e. The lowest BCUT2D eigenvalue weighted by molar-refractivity contribution is -0.117. The minimum atomic E-state index is -0.398. The number of hydrogen-bond acceptors (Lipinski definition) is 7. The van der Waals surface area contributed by atoms with Crippen molar-refractivity contribution in [1.82, 2.24) is 24.5 Å². The molecule has 7 nitrogen and oxygen atoms in total. The van der Waals surface area contributed by atoms with Crippen LogP contribution in [-0.2, 0) is 30.6 Å². The van der Waals surface area contributed by atoms with Gasteiger partial charge in [0.05, 0.1) is 11.3 Å². The molecule has 0 radical (unpaired) electrons. The summed E-state index contributed by atoms with van der Waals surface area (Å²) in [7, 11) is 2.13. The first kappa shape index (κ1) is 27.1. The smallest absolute Gasteiger partial charge is 0.227 e. The van der Waals surface area contributed by atoms with Crippen molar-refractivity contribution in [3.05, 3.63) is 118 Å². The van der Waals surface area contributed by atoms with E-state index >= 15 is 4.39 Å². The average Bonchev–Trinajstić information content (AvgIpc) is 3.66. The zero-order valence-electron chi connectivity index (χ0n) is 23.6. The van der Waals surface area contributed by atoms with Crippen LogP contribution in [0, 0.1) is 5.82 Å². The third kappa shape index (κ3) is 5.69. The van der Waals surface area contributed by atoms with Crippen LogP contribution in [0.25, 0.3) is 28.0 Å². The highest BCUT2D eigenvalue weighted by Crippen LogP contribution is 2.36. The number of ketones is 1. The van der Waals surface area contributed by atoms with Crippen LogP contribution in [0.4, 0.5) is 16.0 Å². The molecular weight excluding hydrogens is 559 g/mol. The van der Waals surface area contributed by atoms with E-state index in [2.05, 4.69) is 34.4 Å². The molecule has 1 N–H and O–H groups in total. The van der Waals surface area contributed by atoms with Crippen molar-refractivity contribution in [2.24, 2.45) is 0 Å². The molecule has 0 unspecified atom stereocenters. The molecule has 7 rings (SSSR count). The van der Waals surface area contributed by atoms with E-state index in [1.165, 1.54) is 17.2 Å². The summed E-state index contributed by atoms with van der Waals surface area (Å²) < 4.78 is 16.9. The molecule has 0 bridgehead atoms. The van der Waals surface area contributed by atoms with Crippen molar-refractivity contribution in [2.75, 3.05) is 18.9 Å². The topological polar surface area (TPSA) is 75.4 Å². The number of thiophene rings is 1. The second-order valence-corrected chi connectivity index (χ2v) is 11.9. The second-order valence-electron chi connectivity index (χ2n) is 10.9. The van der Waals surface area contributed by atoms with Gasteiger partial charge in [0.2, 0.25) is 5.95 Å². The average molecular weight is 589 g/mol. The summed E-state index contributed by atoms with van der Waals surface area (Å²) in [6.45, 7) is 1.95. The van der Waals surface area contributed by atoms with Gasteiger partial charge in [-0.1, -0.05) is 30.3 Å². The van der Waals surface area contributed by atoms with Gasteiger partial charge in [-0.3, -0.25) is 4.79 Å². The Hall–Kier alpha value is -4.73. The van der Waals surface area contributed by atoms with E-state index < -0.39 is 5.82 Å². The Balaban J connectivity index is 1.24. The molecule has 0 aliphatic carbocycles. The third-order valence-electron chi connectivity index (χ3n) is 7.74. The molecule has 43 heavy (non-hydrogen) atoms. The Kier molecular flexibility index (Phi) is 7.26. The number of benzene rings is 2. The standard InChI is InChI=1S/C34H29FN6OS/c1-40-15-12-23-9-10-26(19-25(23)21-40)37-34-36-13-11-30(38-34)31-32(39-41-14-3-8-29(35)33(31)41)24-6-2-5-22(17-24)18-27(42)20-28-7-4-16-43-28/h2-11,13-14,16-17,19H,12,15,18,20-21H2,1H3,(H,36,37,38). The van der Waals surface area contributed by atoms with E-state index in [-0.39, 0.29) is 5.78 Å². The van der Waals surface area contributed by atoms with Crippen LogP contribution in [0.15, 0.2) is 90.6 Å². The van der Waals surface area contributed by atoms with Gasteiger partial charge in [0.25, 0.3) is 0 Å². The SMILES string of the molecule is CN1CCc2ccc(Nc3nccc(-c4c(-c5cccc(CC(=O)Cc6cccs6)c5)nn5cccc(F)c45)n3)cc2C1. The van der Waals surface area contributed by atoms with Crippen LogP contribution in [0.3, 0.4) is 0 Å². The quantitative estimate of drug-likeness (QED) is 0.212. The molecule has 0 spiro atoms. The van der Waals surface area contributed by atoms with Crippen LogP contribution in [0.5, 0.6) is 0 Å². The van der Waals surface area contributed by atoms with Crippen molar-refractivity contribution in [3.63, 3.8) is 0 Å². The fourth-order valence-electron chi connectivity index (χ4n) is 5.69. The normalized spacial score (nSPS) is 13.3. The Morgan fingerprint density at radius 1 is 1.02 bits per heavy atom. The minimum absolute atomic E-state index is 0.140. The van der Waals surface area contributed by atoms with E-state index in [9.17, 15) is 4.79 Å². The van der Waals surface area contributed by atoms with Crippen molar-refractivity contribution < 1.29 is 9.18 Å². The van der Waals surface area contributed by atoms with Crippen LogP contribution in [0.2, 0.25) is 0 Å². The first-order valence-corrected chi connectivity index (χ1v) is 15.1. The minimum Gasteiger partial charge on any atom is -0.324 e. The van der Waals surface area contributed by atoms with E-state index in [0.29, 0.717) is 41.3 Å². The molecule has 0 amide bonds. The molecule has 4 aromatic heterocycles. The zero-order valence-corrected chi connectivity index (χ0v) is 24.4. The van der Waals surface area contributed by atoms with Gasteiger partial charge in [-0.05, 0) is 78.0 Å². The van der Waals surface area contributed by atoms with Gasteiger partial charge in [-0.15, -0.1) is 11.3 Å². The number of nitrogens with one attached hydrogen (secondary N) is 1. The Morgan fingerprint density at radius 2 is 1.95 bits per heavy atom. The van der Waals surface area contributed by atoms with Crippen molar-refractivity contribution in [3.8, 4) is 22.5 Å². The number of Topliss-reactive ketones (excluding diaryl/α,β-unsaturated/α-hetero) is 1. The van der Waals surface area contributed by atoms with Crippen LogP contribution >= 0.6 is 11.3 Å². The molecule has 214 valence electrons. The molecule has 0 fully saturated rings. The van der Waals surface area contributed by atoms with E-state index in [0.717, 1.165) is 41.2 Å². The molecule has 1 aliphatic rings. The molecular formula is C34H29FN6OS. The number of anilines is 2. The highest BCUT2D eigenvalue weighted by atomic mass is 32.1. The number of carbonyl (C=O) groups is 1. The number of nitrogens with zero attached hydrogens (tertiary/aromatic N) is 5. The van der Waals surface area contributed by atoms with Crippen LogP contribution in [-0.4, -0.2) is 43.9 Å². The number of aromatic nitrogens is 4. The van der Waals surface area contributed by atoms with E-state index in [4.69, 9.17) is 10.1 Å². The lowest BCUT2D eigenvalue weighted by Crippen LogP contribution is -2.26. The zero-order chi connectivity index (χ0) is 29.3. The summed E-state index contributed by atoms with van der Waals surface area (Å²) in [5.41, 5.74) is 7.24. The molecule has 1 aliphatic heterocycles. The predicted octanol–water partition coefficient (Wildman–Crippen LogP) is 6.74. The summed E-state index contributed by atoms with van der Waals surface area (Å²) in [6.07, 6.45) is 5.14. The fourth-order valence-corrected chi connectivity index (χ4v) is 6.43. The maximum atomic E-state index is 15.4. The van der Waals surface area contributed by atoms with Crippen molar-refractivity contribution in [1.29, 1.82) is 0 Å². The summed E-state index contributed by atoms with van der Waals surface area (Å²) in [5, 5.41) is 10.1. The van der Waals surface area contributed by atoms with Gasteiger partial charge in [0.15, 0.2) is 0 Å². The number of pyridine rings is 1. The number of likely N-dealkylation sites (N-methyl/N-ethyl adjacent to an activating group) is 1. The fraction of sp³-hybridized carbons (Fsp3) is 0.176. The number of hydrogen-bond donors (Lipinski definition) is 1. The first-order chi connectivity index (χ1) is 21.0. The number of halogens is 1. The second kappa shape index (κ2) is 11.5. The summed E-state index contributed by atoms with van der Waals surface area (Å²) in [6, 6.07) is 22.8. The van der Waals surface area contributed by atoms with Gasteiger partial charge >= 0.3 is 0 Å². The van der Waals surface area contributed by atoms with Gasteiger partial charge in [-0.2, -0.15) is 5.10 Å². The van der Waals surface area contributed by atoms with E-state index in [1.807, 2.05) is 47.8 Å². The van der Waals surface area contributed by atoms with Gasteiger partial charge < -0.3 is 10.2 Å². The largest absolute Gasteiger partial charge is 0.324 e. The Morgan fingerprint density at radius 3 is 2.84 bits per heavy atom.